The first-order valence-corrected chi connectivity index (χ1v) is 6.50. The minimum Gasteiger partial charge on any atom is -0.371 e. The van der Waals surface area contributed by atoms with Gasteiger partial charge in [-0.15, -0.1) is 0 Å². The lowest BCUT2D eigenvalue weighted by atomic mass is 10.3. The van der Waals surface area contributed by atoms with E-state index in [2.05, 4.69) is 15.2 Å². The van der Waals surface area contributed by atoms with Crippen molar-refractivity contribution in [2.45, 2.75) is 12.7 Å². The summed E-state index contributed by atoms with van der Waals surface area (Å²) in [5.74, 6) is 0. The van der Waals surface area contributed by atoms with Crippen molar-refractivity contribution in [2.75, 3.05) is 19.8 Å². The summed E-state index contributed by atoms with van der Waals surface area (Å²) in [4.78, 5) is 0. The molecule has 0 saturated carbocycles. The van der Waals surface area contributed by atoms with Crippen LogP contribution in [0, 0.1) is 0 Å². The van der Waals surface area contributed by atoms with E-state index in [9.17, 15) is 13.2 Å². The summed E-state index contributed by atoms with van der Waals surface area (Å²) in [6, 6.07) is 11.5. The SMILES string of the molecule is FC(F)(F)COCCNCc1ccn(-c2ccccc2)n1. The zero-order valence-electron chi connectivity index (χ0n) is 11.3. The first-order chi connectivity index (χ1) is 10.0. The Hall–Kier alpha value is -1.86. The molecule has 21 heavy (non-hydrogen) atoms. The van der Waals surface area contributed by atoms with Gasteiger partial charge in [0.05, 0.1) is 18.0 Å². The van der Waals surface area contributed by atoms with Crippen molar-refractivity contribution < 1.29 is 17.9 Å². The van der Waals surface area contributed by atoms with E-state index in [-0.39, 0.29) is 6.61 Å². The van der Waals surface area contributed by atoms with Crippen LogP contribution in [0.25, 0.3) is 5.69 Å². The fourth-order valence-corrected chi connectivity index (χ4v) is 1.73. The average molecular weight is 299 g/mol. The van der Waals surface area contributed by atoms with Crippen LogP contribution in [-0.2, 0) is 11.3 Å². The lowest BCUT2D eigenvalue weighted by molar-refractivity contribution is -0.173. The van der Waals surface area contributed by atoms with Crippen molar-refractivity contribution in [3.8, 4) is 5.69 Å². The lowest BCUT2D eigenvalue weighted by Gasteiger charge is -2.07. The van der Waals surface area contributed by atoms with Gasteiger partial charge >= 0.3 is 6.18 Å². The Labute approximate surface area is 120 Å². The van der Waals surface area contributed by atoms with Gasteiger partial charge in [0.25, 0.3) is 0 Å². The molecule has 7 heteroatoms. The highest BCUT2D eigenvalue weighted by atomic mass is 19.4. The van der Waals surface area contributed by atoms with E-state index in [1.807, 2.05) is 42.6 Å². The van der Waals surface area contributed by atoms with E-state index < -0.39 is 12.8 Å². The number of nitrogens with zero attached hydrogens (tertiary/aromatic N) is 2. The van der Waals surface area contributed by atoms with Gasteiger partial charge < -0.3 is 10.1 Å². The molecule has 2 aromatic rings. The smallest absolute Gasteiger partial charge is 0.371 e. The van der Waals surface area contributed by atoms with Gasteiger partial charge in [-0.25, -0.2) is 4.68 Å². The Morgan fingerprint density at radius 2 is 1.90 bits per heavy atom. The predicted octanol–water partition coefficient (Wildman–Crippen LogP) is 2.54. The number of hydrogen-bond acceptors (Lipinski definition) is 3. The Morgan fingerprint density at radius 3 is 2.62 bits per heavy atom. The van der Waals surface area contributed by atoms with Crippen LogP contribution in [0.3, 0.4) is 0 Å². The molecule has 2 rings (SSSR count). The Kier molecular flexibility index (Phi) is 5.35. The zero-order chi connectivity index (χ0) is 15.1. The molecule has 1 heterocycles. The van der Waals surface area contributed by atoms with Gasteiger partial charge in [-0.05, 0) is 18.2 Å². The predicted molar refractivity (Wildman–Crippen MR) is 72.1 cm³/mol. The second-order valence-electron chi connectivity index (χ2n) is 4.43. The number of benzene rings is 1. The van der Waals surface area contributed by atoms with Crippen LogP contribution in [0.4, 0.5) is 13.2 Å². The second kappa shape index (κ2) is 7.24. The molecule has 0 aliphatic carbocycles. The molecule has 0 amide bonds. The number of ether oxygens (including phenoxy) is 1. The number of alkyl halides is 3. The first-order valence-electron chi connectivity index (χ1n) is 6.50. The maximum atomic E-state index is 11.8. The molecule has 0 spiro atoms. The van der Waals surface area contributed by atoms with E-state index in [1.54, 1.807) is 4.68 Å². The quantitative estimate of drug-likeness (QED) is 0.799. The van der Waals surface area contributed by atoms with Crippen LogP contribution in [0.5, 0.6) is 0 Å². The van der Waals surface area contributed by atoms with Crippen molar-refractivity contribution in [2.24, 2.45) is 0 Å². The summed E-state index contributed by atoms with van der Waals surface area (Å²) in [7, 11) is 0. The summed E-state index contributed by atoms with van der Waals surface area (Å²) in [6.07, 6.45) is -2.43. The topological polar surface area (TPSA) is 39.1 Å². The van der Waals surface area contributed by atoms with Crippen LogP contribution in [0.1, 0.15) is 5.69 Å². The zero-order valence-corrected chi connectivity index (χ0v) is 11.3. The van der Waals surface area contributed by atoms with Crippen LogP contribution >= 0.6 is 0 Å². The maximum absolute atomic E-state index is 11.8. The third-order valence-electron chi connectivity index (χ3n) is 2.66. The summed E-state index contributed by atoms with van der Waals surface area (Å²) in [5.41, 5.74) is 1.77. The second-order valence-corrected chi connectivity index (χ2v) is 4.43. The van der Waals surface area contributed by atoms with E-state index >= 15 is 0 Å². The molecule has 0 aliphatic rings. The fourth-order valence-electron chi connectivity index (χ4n) is 1.73. The molecule has 0 atom stereocenters. The molecule has 0 aliphatic heterocycles. The number of hydrogen-bond donors (Lipinski definition) is 1. The molecule has 0 fully saturated rings. The molecule has 0 radical (unpaired) electrons. The molecule has 114 valence electrons. The third kappa shape index (κ3) is 5.57. The van der Waals surface area contributed by atoms with Gasteiger partial charge in [-0.3, -0.25) is 0 Å². The van der Waals surface area contributed by atoms with Crippen LogP contribution in [0.15, 0.2) is 42.6 Å². The Balaban J connectivity index is 1.69. The van der Waals surface area contributed by atoms with E-state index in [4.69, 9.17) is 0 Å². The van der Waals surface area contributed by atoms with Crippen LogP contribution < -0.4 is 5.32 Å². The Bertz CT molecular complexity index is 540. The first kappa shape index (κ1) is 15.5. The molecule has 4 nitrogen and oxygen atoms in total. The van der Waals surface area contributed by atoms with Crippen molar-refractivity contribution >= 4 is 0 Å². The largest absolute Gasteiger partial charge is 0.411 e. The monoisotopic (exact) mass is 299 g/mol. The number of para-hydroxylation sites is 1. The number of rotatable bonds is 7. The highest BCUT2D eigenvalue weighted by Gasteiger charge is 2.27. The minimum atomic E-state index is -4.27. The molecule has 0 bridgehead atoms. The van der Waals surface area contributed by atoms with Crippen molar-refractivity contribution in [3.63, 3.8) is 0 Å². The number of nitrogens with one attached hydrogen (secondary N) is 1. The van der Waals surface area contributed by atoms with Crippen LogP contribution in [-0.4, -0.2) is 35.7 Å². The van der Waals surface area contributed by atoms with Gasteiger partial charge in [0, 0.05) is 19.3 Å². The summed E-state index contributed by atoms with van der Waals surface area (Å²) in [5, 5.41) is 7.36. The average Bonchev–Trinajstić information content (AvgIpc) is 2.91. The van der Waals surface area contributed by atoms with Crippen molar-refractivity contribution in [1.82, 2.24) is 15.1 Å². The highest BCUT2D eigenvalue weighted by molar-refractivity contribution is 5.30. The molecule has 0 unspecified atom stereocenters. The van der Waals surface area contributed by atoms with E-state index in [0.29, 0.717) is 13.1 Å². The summed E-state index contributed by atoms with van der Waals surface area (Å²) < 4.78 is 41.8. The van der Waals surface area contributed by atoms with E-state index in [1.165, 1.54) is 0 Å². The van der Waals surface area contributed by atoms with Gasteiger partial charge in [0.1, 0.15) is 6.61 Å². The van der Waals surface area contributed by atoms with Crippen molar-refractivity contribution in [1.29, 1.82) is 0 Å². The highest BCUT2D eigenvalue weighted by Crippen LogP contribution is 2.14. The summed E-state index contributed by atoms with van der Waals surface area (Å²) in [6.45, 7) is -0.375. The van der Waals surface area contributed by atoms with Crippen molar-refractivity contribution in [3.05, 3.63) is 48.3 Å². The van der Waals surface area contributed by atoms with Gasteiger partial charge in [-0.2, -0.15) is 18.3 Å². The van der Waals surface area contributed by atoms with E-state index in [0.717, 1.165) is 11.4 Å². The normalized spacial score (nSPS) is 11.8. The molecular weight excluding hydrogens is 283 g/mol. The molecular formula is C14H16F3N3O. The standard InChI is InChI=1S/C14H16F3N3O/c15-14(16,17)11-21-9-7-18-10-12-6-8-20(19-12)13-4-2-1-3-5-13/h1-6,8,18H,7,9-11H2. The summed E-state index contributed by atoms with van der Waals surface area (Å²) >= 11 is 0. The fraction of sp³-hybridized carbons (Fsp3) is 0.357. The molecule has 0 saturated heterocycles. The number of halogens is 3. The Morgan fingerprint density at radius 1 is 1.14 bits per heavy atom. The van der Waals surface area contributed by atoms with Gasteiger partial charge in [-0.1, -0.05) is 18.2 Å². The van der Waals surface area contributed by atoms with Crippen LogP contribution in [0.2, 0.25) is 0 Å². The molecule has 1 aromatic heterocycles. The molecule has 1 N–H and O–H groups in total. The number of aromatic nitrogens is 2. The minimum absolute atomic E-state index is 0.0128. The molecule has 1 aromatic carbocycles. The third-order valence-corrected chi connectivity index (χ3v) is 2.66. The van der Waals surface area contributed by atoms with Gasteiger partial charge in [0.15, 0.2) is 0 Å². The lowest BCUT2D eigenvalue weighted by Crippen LogP contribution is -2.23. The van der Waals surface area contributed by atoms with Gasteiger partial charge in [0.2, 0.25) is 0 Å². The maximum Gasteiger partial charge on any atom is 0.411 e.